The second kappa shape index (κ2) is 3.36. The topological polar surface area (TPSA) is 38.3 Å². The molecule has 1 fully saturated rings. The highest BCUT2D eigenvalue weighted by atomic mass is 127. The molecule has 0 aromatic carbocycles. The number of hydrogen-bond donors (Lipinski definition) is 1. The first-order chi connectivity index (χ1) is 4.34. The molecule has 1 heterocycles. The molecular formula is C5H8INO2. The Bertz CT molecular complexity index is 112. The summed E-state index contributed by atoms with van der Waals surface area (Å²) >= 11 is 1.85. The largest absolute Gasteiger partial charge is 0.381 e. The first-order valence-electron chi connectivity index (χ1n) is 2.83. The van der Waals surface area contributed by atoms with Gasteiger partial charge < -0.3 is 4.74 Å². The van der Waals surface area contributed by atoms with Crippen molar-refractivity contribution in [3.05, 3.63) is 0 Å². The number of hydrogen-bond acceptors (Lipinski definition) is 2. The van der Waals surface area contributed by atoms with Crippen molar-refractivity contribution in [1.29, 1.82) is 0 Å². The number of nitrogens with one attached hydrogen (secondary N) is 1. The van der Waals surface area contributed by atoms with Gasteiger partial charge in [-0.1, -0.05) is 0 Å². The van der Waals surface area contributed by atoms with Gasteiger partial charge in [-0.15, -0.1) is 0 Å². The zero-order chi connectivity index (χ0) is 6.69. The third-order valence-electron chi connectivity index (χ3n) is 1.39. The number of amides is 1. The quantitative estimate of drug-likeness (QED) is 0.536. The number of rotatable bonds is 1. The zero-order valence-corrected chi connectivity index (χ0v) is 7.05. The maximum absolute atomic E-state index is 10.8. The van der Waals surface area contributed by atoms with Gasteiger partial charge in [0.25, 0.3) is 0 Å². The van der Waals surface area contributed by atoms with Crippen LogP contribution in [0, 0.1) is 5.92 Å². The minimum atomic E-state index is 0.0908. The molecule has 3 nitrogen and oxygen atoms in total. The molecule has 0 radical (unpaired) electrons. The maximum Gasteiger partial charge on any atom is 0.234 e. The first-order valence-corrected chi connectivity index (χ1v) is 3.90. The van der Waals surface area contributed by atoms with E-state index in [-0.39, 0.29) is 11.8 Å². The lowest BCUT2D eigenvalue weighted by Crippen LogP contribution is -2.23. The van der Waals surface area contributed by atoms with Crippen molar-refractivity contribution in [2.24, 2.45) is 5.92 Å². The molecule has 1 N–H and O–H groups in total. The molecule has 1 aliphatic heterocycles. The molecular weight excluding hydrogens is 233 g/mol. The number of halogens is 1. The predicted molar refractivity (Wildman–Crippen MR) is 41.1 cm³/mol. The van der Waals surface area contributed by atoms with Crippen molar-refractivity contribution in [2.45, 2.75) is 6.42 Å². The first kappa shape index (κ1) is 7.27. The Morgan fingerprint density at radius 1 is 1.78 bits per heavy atom. The Kier molecular flexibility index (Phi) is 2.71. The van der Waals surface area contributed by atoms with E-state index in [2.05, 4.69) is 3.53 Å². The van der Waals surface area contributed by atoms with Crippen molar-refractivity contribution in [1.82, 2.24) is 3.53 Å². The molecule has 0 bridgehead atoms. The SMILES string of the molecule is O=C(NI)C1CCOC1. The van der Waals surface area contributed by atoms with Gasteiger partial charge in [-0.2, -0.15) is 0 Å². The lowest BCUT2D eigenvalue weighted by Gasteiger charge is -2.01. The minimum absolute atomic E-state index is 0.0908. The molecule has 1 unspecified atom stereocenters. The van der Waals surface area contributed by atoms with E-state index in [1.165, 1.54) is 0 Å². The van der Waals surface area contributed by atoms with Crippen molar-refractivity contribution >= 4 is 28.8 Å². The van der Waals surface area contributed by atoms with Crippen molar-refractivity contribution < 1.29 is 9.53 Å². The lowest BCUT2D eigenvalue weighted by molar-refractivity contribution is -0.122. The third kappa shape index (κ3) is 1.79. The molecule has 4 heteroatoms. The second-order valence-electron chi connectivity index (χ2n) is 2.02. The summed E-state index contributed by atoms with van der Waals surface area (Å²) in [4.78, 5) is 10.8. The highest BCUT2D eigenvalue weighted by molar-refractivity contribution is 14.1. The minimum Gasteiger partial charge on any atom is -0.381 e. The molecule has 0 spiro atoms. The monoisotopic (exact) mass is 241 g/mol. The summed E-state index contributed by atoms with van der Waals surface area (Å²) < 4.78 is 7.57. The summed E-state index contributed by atoms with van der Waals surface area (Å²) in [6.07, 6.45) is 0.870. The summed E-state index contributed by atoms with van der Waals surface area (Å²) in [7, 11) is 0. The average Bonchev–Trinajstić information content (AvgIpc) is 2.37. The normalized spacial score (nSPS) is 26.1. The third-order valence-corrected chi connectivity index (χ3v) is 1.93. The fourth-order valence-corrected chi connectivity index (χ4v) is 1.26. The maximum atomic E-state index is 10.8. The molecule has 1 rings (SSSR count). The van der Waals surface area contributed by atoms with Gasteiger partial charge in [0.15, 0.2) is 0 Å². The van der Waals surface area contributed by atoms with Gasteiger partial charge in [0, 0.05) is 6.61 Å². The predicted octanol–water partition coefficient (Wildman–Crippen LogP) is 0.489. The van der Waals surface area contributed by atoms with Crippen LogP contribution in [0.1, 0.15) is 6.42 Å². The highest BCUT2D eigenvalue weighted by Gasteiger charge is 2.22. The summed E-state index contributed by atoms with van der Waals surface area (Å²) in [5, 5.41) is 0. The Morgan fingerprint density at radius 2 is 2.56 bits per heavy atom. The Labute approximate surface area is 67.6 Å². The van der Waals surface area contributed by atoms with E-state index in [0.29, 0.717) is 6.61 Å². The standard InChI is InChI=1S/C5H8INO2/c6-7-5(8)4-1-2-9-3-4/h4H,1-3H2,(H,7,8). The van der Waals surface area contributed by atoms with E-state index >= 15 is 0 Å². The van der Waals surface area contributed by atoms with E-state index in [9.17, 15) is 4.79 Å². The molecule has 0 aromatic rings. The lowest BCUT2D eigenvalue weighted by atomic mass is 10.1. The van der Waals surface area contributed by atoms with Crippen LogP contribution >= 0.6 is 22.9 Å². The Balaban J connectivity index is 2.32. The van der Waals surface area contributed by atoms with Crippen LogP contribution in [0.2, 0.25) is 0 Å². The van der Waals surface area contributed by atoms with E-state index in [1.807, 2.05) is 22.9 Å². The second-order valence-corrected chi connectivity index (χ2v) is 2.56. The van der Waals surface area contributed by atoms with Gasteiger partial charge in [0.1, 0.15) is 0 Å². The summed E-state index contributed by atoms with van der Waals surface area (Å²) in [5.41, 5.74) is 0. The van der Waals surface area contributed by atoms with Gasteiger partial charge in [-0.3, -0.25) is 8.32 Å². The van der Waals surface area contributed by atoms with Crippen molar-refractivity contribution in [3.8, 4) is 0 Å². The molecule has 1 atom stereocenters. The molecule has 1 aliphatic rings. The molecule has 9 heavy (non-hydrogen) atoms. The van der Waals surface area contributed by atoms with Crippen LogP contribution < -0.4 is 3.53 Å². The van der Waals surface area contributed by atoms with Gasteiger partial charge in [-0.05, 0) is 6.42 Å². The van der Waals surface area contributed by atoms with Gasteiger partial charge >= 0.3 is 0 Å². The van der Waals surface area contributed by atoms with Gasteiger partial charge in [0.2, 0.25) is 5.91 Å². The van der Waals surface area contributed by atoms with Crippen LogP contribution in [-0.4, -0.2) is 19.1 Å². The van der Waals surface area contributed by atoms with E-state index in [0.717, 1.165) is 13.0 Å². The number of carbonyl (C=O) groups excluding carboxylic acids is 1. The fraction of sp³-hybridized carbons (Fsp3) is 0.800. The molecule has 1 saturated heterocycles. The van der Waals surface area contributed by atoms with E-state index < -0.39 is 0 Å². The molecule has 0 saturated carbocycles. The van der Waals surface area contributed by atoms with Crippen LogP contribution in [0.5, 0.6) is 0 Å². The summed E-state index contributed by atoms with van der Waals surface area (Å²) in [5.74, 6) is 0.190. The fourth-order valence-electron chi connectivity index (χ4n) is 0.818. The summed E-state index contributed by atoms with van der Waals surface area (Å²) in [6, 6.07) is 0. The Morgan fingerprint density at radius 3 is 3.00 bits per heavy atom. The van der Waals surface area contributed by atoms with Crippen LogP contribution in [0.15, 0.2) is 0 Å². The number of ether oxygens (including phenoxy) is 1. The molecule has 0 aliphatic carbocycles. The average molecular weight is 241 g/mol. The van der Waals surface area contributed by atoms with Crippen LogP contribution in [0.25, 0.3) is 0 Å². The molecule has 0 aromatic heterocycles. The summed E-state index contributed by atoms with van der Waals surface area (Å²) in [6.45, 7) is 1.32. The zero-order valence-electron chi connectivity index (χ0n) is 4.89. The highest BCUT2D eigenvalue weighted by Crippen LogP contribution is 2.11. The van der Waals surface area contributed by atoms with Crippen LogP contribution in [0.4, 0.5) is 0 Å². The number of carbonyl (C=O) groups is 1. The molecule has 1 amide bonds. The van der Waals surface area contributed by atoms with Crippen LogP contribution in [-0.2, 0) is 9.53 Å². The molecule has 52 valence electrons. The smallest absolute Gasteiger partial charge is 0.234 e. The van der Waals surface area contributed by atoms with Gasteiger partial charge in [-0.25, -0.2) is 0 Å². The van der Waals surface area contributed by atoms with E-state index in [1.54, 1.807) is 0 Å². The van der Waals surface area contributed by atoms with Gasteiger partial charge in [0.05, 0.1) is 35.4 Å². The van der Waals surface area contributed by atoms with Crippen LogP contribution in [0.3, 0.4) is 0 Å². The van der Waals surface area contributed by atoms with Crippen molar-refractivity contribution in [3.63, 3.8) is 0 Å². The Hall–Kier alpha value is 0.160. The van der Waals surface area contributed by atoms with Crippen molar-refractivity contribution in [2.75, 3.05) is 13.2 Å². The van der Waals surface area contributed by atoms with E-state index in [4.69, 9.17) is 4.74 Å².